The second-order valence-corrected chi connectivity index (χ2v) is 9.93. The molecule has 2 aromatic heterocycles. The summed E-state index contributed by atoms with van der Waals surface area (Å²) in [4.78, 5) is 15.4. The van der Waals surface area contributed by atoms with Gasteiger partial charge in [-0.3, -0.25) is 10.2 Å². The Bertz CT molecular complexity index is 1310. The third-order valence-corrected chi connectivity index (χ3v) is 7.10. The highest BCUT2D eigenvalue weighted by molar-refractivity contribution is 8.14. The molecule has 1 unspecified atom stereocenters. The number of amides is 1. The standard InChI is InChI=1S/C23H23F4N7O2S/c24-17-6-5-16(36-23(25,26)27)9-14(17)11-19(35)30-22-34-33-21(37-22)29-15-3-1-12(2-4-15)18-10-13-7-8-28-20(13)32-31-18/h5-10,12,15,22,34H,1-4,11H2,(H,28,32)(H,29,33)(H,30,35). The predicted molar refractivity (Wildman–Crippen MR) is 129 cm³/mol. The quantitative estimate of drug-likeness (QED) is 0.353. The number of benzene rings is 1. The van der Waals surface area contributed by atoms with Crippen LogP contribution in [0.4, 0.5) is 17.6 Å². The number of aromatic nitrogens is 3. The topological polar surface area (TPSA) is 116 Å². The fourth-order valence-electron chi connectivity index (χ4n) is 4.44. The molecule has 2 aliphatic rings. The second-order valence-electron chi connectivity index (χ2n) is 8.83. The van der Waals surface area contributed by atoms with E-state index in [1.54, 1.807) is 0 Å². The average molecular weight is 538 g/mol. The van der Waals surface area contributed by atoms with Crippen molar-refractivity contribution in [3.63, 3.8) is 0 Å². The van der Waals surface area contributed by atoms with Crippen LogP contribution in [0.1, 0.15) is 42.9 Å². The van der Waals surface area contributed by atoms with Crippen LogP contribution in [0, 0.1) is 5.82 Å². The number of amidine groups is 1. The largest absolute Gasteiger partial charge is 0.573 e. The lowest BCUT2D eigenvalue weighted by atomic mass is 9.84. The Labute approximate surface area is 212 Å². The zero-order valence-electron chi connectivity index (χ0n) is 19.3. The van der Waals surface area contributed by atoms with Gasteiger partial charge in [-0.05, 0) is 67.8 Å². The summed E-state index contributed by atoms with van der Waals surface area (Å²) in [7, 11) is 0. The maximum absolute atomic E-state index is 14.0. The van der Waals surface area contributed by atoms with Gasteiger partial charge in [-0.25, -0.2) is 4.39 Å². The molecule has 9 nitrogen and oxygen atoms in total. The third-order valence-electron chi connectivity index (χ3n) is 6.20. The summed E-state index contributed by atoms with van der Waals surface area (Å²) in [6.07, 6.45) is 0.230. The van der Waals surface area contributed by atoms with Crippen LogP contribution < -0.4 is 20.8 Å². The lowest BCUT2D eigenvalue weighted by Gasteiger charge is -2.28. The summed E-state index contributed by atoms with van der Waals surface area (Å²) in [5.74, 6) is -1.63. The Morgan fingerprint density at radius 2 is 1.95 bits per heavy atom. The number of halogens is 4. The van der Waals surface area contributed by atoms with Crippen LogP contribution in [-0.2, 0) is 11.2 Å². The van der Waals surface area contributed by atoms with Gasteiger partial charge in [0.05, 0.1) is 12.1 Å². The maximum atomic E-state index is 14.0. The van der Waals surface area contributed by atoms with Gasteiger partial charge in [0.1, 0.15) is 11.6 Å². The number of H-pyrrole nitrogens is 1. The maximum Gasteiger partial charge on any atom is 0.573 e. The molecule has 1 fully saturated rings. The fraction of sp³-hybridized carbons (Fsp3) is 0.391. The number of alkyl halides is 3. The molecule has 1 saturated carbocycles. The van der Waals surface area contributed by atoms with Crippen molar-refractivity contribution in [3.8, 4) is 5.75 Å². The van der Waals surface area contributed by atoms with Gasteiger partial charge in [0.15, 0.2) is 16.3 Å². The van der Waals surface area contributed by atoms with E-state index in [1.165, 1.54) is 11.8 Å². The van der Waals surface area contributed by atoms with Crippen LogP contribution in [0.15, 0.2) is 41.6 Å². The summed E-state index contributed by atoms with van der Waals surface area (Å²) < 4.78 is 55.1. The van der Waals surface area contributed by atoms with Crippen LogP contribution in [0.25, 0.3) is 11.0 Å². The number of rotatable bonds is 6. The van der Waals surface area contributed by atoms with Crippen LogP contribution in [-0.4, -0.2) is 44.2 Å². The predicted octanol–water partition coefficient (Wildman–Crippen LogP) is 3.86. The molecule has 37 heavy (non-hydrogen) atoms. The number of carbonyl (C=O) groups excluding carboxylic acids is 1. The average Bonchev–Trinajstić information content (AvgIpc) is 3.49. The molecule has 0 spiro atoms. The van der Waals surface area contributed by atoms with Gasteiger partial charge in [0, 0.05) is 29.1 Å². The minimum Gasteiger partial charge on any atom is -0.406 e. The van der Waals surface area contributed by atoms with E-state index in [2.05, 4.69) is 47.1 Å². The fourth-order valence-corrected chi connectivity index (χ4v) is 5.30. The van der Waals surface area contributed by atoms with Crippen LogP contribution in [0.2, 0.25) is 0 Å². The number of nitrogens with one attached hydrogen (secondary N) is 4. The number of carbonyl (C=O) groups is 1. The van der Waals surface area contributed by atoms with E-state index in [-0.39, 0.29) is 11.6 Å². The Hall–Kier alpha value is -3.55. The minimum absolute atomic E-state index is 0.210. The molecule has 1 aliphatic heterocycles. The van der Waals surface area contributed by atoms with Gasteiger partial charge in [-0.1, -0.05) is 0 Å². The Morgan fingerprint density at radius 1 is 1.14 bits per heavy atom. The first-order valence-corrected chi connectivity index (χ1v) is 12.5. The van der Waals surface area contributed by atoms with Gasteiger partial charge < -0.3 is 20.4 Å². The molecule has 1 aromatic carbocycles. The van der Waals surface area contributed by atoms with Crippen molar-refractivity contribution in [2.75, 3.05) is 0 Å². The highest BCUT2D eigenvalue weighted by atomic mass is 32.2. The van der Waals surface area contributed by atoms with E-state index in [0.29, 0.717) is 11.1 Å². The van der Waals surface area contributed by atoms with E-state index in [4.69, 9.17) is 0 Å². The van der Waals surface area contributed by atoms with E-state index < -0.39 is 35.8 Å². The smallest absolute Gasteiger partial charge is 0.406 e. The van der Waals surface area contributed by atoms with Gasteiger partial charge >= 0.3 is 6.36 Å². The number of aromatic amines is 1. The van der Waals surface area contributed by atoms with Crippen molar-refractivity contribution in [2.24, 2.45) is 5.10 Å². The molecule has 0 saturated heterocycles. The molecular formula is C23H23F4N7O2S. The van der Waals surface area contributed by atoms with Crippen molar-refractivity contribution in [1.29, 1.82) is 0 Å². The highest BCUT2D eigenvalue weighted by Gasteiger charge is 2.32. The van der Waals surface area contributed by atoms with E-state index in [1.807, 2.05) is 12.3 Å². The van der Waals surface area contributed by atoms with Crippen molar-refractivity contribution in [2.45, 2.75) is 55.9 Å². The van der Waals surface area contributed by atoms with Crippen molar-refractivity contribution in [1.82, 2.24) is 31.2 Å². The van der Waals surface area contributed by atoms with Crippen molar-refractivity contribution in [3.05, 3.63) is 53.6 Å². The zero-order valence-corrected chi connectivity index (χ0v) is 20.1. The molecule has 3 aromatic rings. The molecule has 1 amide bonds. The number of ether oxygens (including phenoxy) is 1. The van der Waals surface area contributed by atoms with Crippen LogP contribution >= 0.6 is 11.8 Å². The molecule has 1 aliphatic carbocycles. The number of hydrogen-bond acceptors (Lipinski definition) is 8. The Balaban J connectivity index is 1.07. The normalized spacial score (nSPS) is 21.8. The highest BCUT2D eigenvalue weighted by Crippen LogP contribution is 2.33. The molecule has 196 valence electrons. The summed E-state index contributed by atoms with van der Waals surface area (Å²) >= 11 is 1.26. The van der Waals surface area contributed by atoms with E-state index >= 15 is 0 Å². The third kappa shape index (κ3) is 6.42. The molecule has 4 N–H and O–H groups in total. The lowest BCUT2D eigenvalue weighted by molar-refractivity contribution is -0.274. The van der Waals surface area contributed by atoms with E-state index in [0.717, 1.165) is 60.6 Å². The number of hydrogen-bond donors (Lipinski definition) is 4. The van der Waals surface area contributed by atoms with Crippen LogP contribution in [0.3, 0.4) is 0 Å². The molecular weight excluding hydrogens is 514 g/mol. The summed E-state index contributed by atoms with van der Waals surface area (Å²) in [6, 6.07) is 6.82. The molecule has 0 bridgehead atoms. The molecule has 1 atom stereocenters. The number of thioether (sulfide) groups is 1. The molecule has 14 heteroatoms. The monoisotopic (exact) mass is 537 g/mol. The minimum atomic E-state index is -4.91. The van der Waals surface area contributed by atoms with Gasteiger partial charge in [-0.2, -0.15) is 10.2 Å². The van der Waals surface area contributed by atoms with Gasteiger partial charge in [0.2, 0.25) is 5.91 Å². The SMILES string of the molecule is O=C(Cc1cc(OC(F)(F)F)ccc1F)NC1NN=C(NC2CCC(c3cc4cc[nH]c4nn3)CC2)S1. The molecule has 0 radical (unpaired) electrons. The first kappa shape index (κ1) is 25.1. The second kappa shape index (κ2) is 10.4. The van der Waals surface area contributed by atoms with Gasteiger partial charge in [0.25, 0.3) is 0 Å². The van der Waals surface area contributed by atoms with Crippen LogP contribution in [0.5, 0.6) is 5.75 Å². The lowest BCUT2D eigenvalue weighted by Crippen LogP contribution is -2.40. The van der Waals surface area contributed by atoms with Crippen molar-refractivity contribution < 1.29 is 27.1 Å². The number of fused-ring (bicyclic) bond motifs is 1. The summed E-state index contributed by atoms with van der Waals surface area (Å²) in [5, 5.41) is 20.5. The first-order valence-electron chi connectivity index (χ1n) is 11.6. The molecule has 3 heterocycles. The van der Waals surface area contributed by atoms with Gasteiger partial charge in [-0.15, -0.1) is 18.3 Å². The number of hydrazone groups is 1. The van der Waals surface area contributed by atoms with E-state index in [9.17, 15) is 22.4 Å². The summed E-state index contributed by atoms with van der Waals surface area (Å²) in [6.45, 7) is 0. The van der Waals surface area contributed by atoms with Crippen molar-refractivity contribution >= 4 is 33.9 Å². The number of nitrogens with zero attached hydrogens (tertiary/aromatic N) is 3. The zero-order chi connectivity index (χ0) is 26.0. The Morgan fingerprint density at radius 3 is 2.73 bits per heavy atom. The Kier molecular flexibility index (Phi) is 7.09. The first-order chi connectivity index (χ1) is 17.7. The summed E-state index contributed by atoms with van der Waals surface area (Å²) in [5.41, 5.74) is 3.76. The molecule has 5 rings (SSSR count).